The van der Waals surface area contributed by atoms with Gasteiger partial charge in [-0.15, -0.1) is 0 Å². The minimum atomic E-state index is -3.42. The summed E-state index contributed by atoms with van der Waals surface area (Å²) in [6.45, 7) is 2.04. The largest absolute Gasteiger partial charge is 0.462 e. The van der Waals surface area contributed by atoms with Crippen molar-refractivity contribution in [2.24, 2.45) is 0 Å². The summed E-state index contributed by atoms with van der Waals surface area (Å²) in [6.07, 6.45) is 2.02. The summed E-state index contributed by atoms with van der Waals surface area (Å²) in [5.74, 6) is -1.22. The van der Waals surface area contributed by atoms with E-state index >= 15 is 0 Å². The van der Waals surface area contributed by atoms with Gasteiger partial charge in [0.25, 0.3) is 11.8 Å². The van der Waals surface area contributed by atoms with Crippen LogP contribution in [0.4, 0.5) is 0 Å². The number of carbonyl (C=O) groups is 3. The van der Waals surface area contributed by atoms with E-state index in [0.717, 1.165) is 6.26 Å². The number of sulfone groups is 1. The van der Waals surface area contributed by atoms with Crippen LogP contribution < -0.4 is 0 Å². The van der Waals surface area contributed by atoms with Crippen molar-refractivity contribution in [1.29, 1.82) is 0 Å². The SMILES string of the molecule is Cc1ccc(S(C)(=O)=O)cc1C(=O)OCCCCN1C(=O)c2ccccc2C1=O. The number of hydrogen-bond donors (Lipinski definition) is 0. The van der Waals surface area contributed by atoms with Crippen LogP contribution >= 0.6 is 0 Å². The van der Waals surface area contributed by atoms with Crippen molar-refractivity contribution < 1.29 is 27.5 Å². The molecule has 0 atom stereocenters. The molecule has 3 rings (SSSR count). The maximum absolute atomic E-state index is 12.3. The molecule has 2 aromatic rings. The number of nitrogens with zero attached hydrogens (tertiary/aromatic N) is 1. The molecule has 1 aliphatic heterocycles. The third-order valence-electron chi connectivity index (χ3n) is 4.74. The van der Waals surface area contributed by atoms with E-state index in [-0.39, 0.29) is 35.4 Å². The number of amides is 2. The van der Waals surface area contributed by atoms with Crippen molar-refractivity contribution >= 4 is 27.6 Å². The maximum Gasteiger partial charge on any atom is 0.338 e. The second kappa shape index (κ2) is 8.16. The molecule has 0 N–H and O–H groups in total. The van der Waals surface area contributed by atoms with E-state index in [4.69, 9.17) is 4.74 Å². The van der Waals surface area contributed by atoms with Gasteiger partial charge in [-0.2, -0.15) is 0 Å². The number of ether oxygens (including phenoxy) is 1. The summed E-state index contributed by atoms with van der Waals surface area (Å²) < 4.78 is 28.6. The van der Waals surface area contributed by atoms with Gasteiger partial charge in [0, 0.05) is 12.8 Å². The van der Waals surface area contributed by atoms with Gasteiger partial charge >= 0.3 is 5.97 Å². The number of hydrogen-bond acceptors (Lipinski definition) is 6. The van der Waals surface area contributed by atoms with E-state index < -0.39 is 15.8 Å². The van der Waals surface area contributed by atoms with E-state index in [2.05, 4.69) is 0 Å². The molecule has 0 spiro atoms. The van der Waals surface area contributed by atoms with Gasteiger partial charge in [0.15, 0.2) is 9.84 Å². The van der Waals surface area contributed by atoms with Crippen LogP contribution in [0.1, 0.15) is 49.5 Å². The van der Waals surface area contributed by atoms with Gasteiger partial charge in [0.05, 0.1) is 28.2 Å². The average Bonchev–Trinajstić information content (AvgIpc) is 2.92. The zero-order chi connectivity index (χ0) is 21.2. The lowest BCUT2D eigenvalue weighted by atomic mass is 10.1. The van der Waals surface area contributed by atoms with Crippen molar-refractivity contribution in [3.63, 3.8) is 0 Å². The monoisotopic (exact) mass is 415 g/mol. The molecule has 29 heavy (non-hydrogen) atoms. The summed E-state index contributed by atoms with van der Waals surface area (Å²) in [5.41, 5.74) is 1.64. The molecule has 2 amide bonds. The molecule has 0 bridgehead atoms. The Bertz CT molecular complexity index is 1060. The normalized spacial score (nSPS) is 13.5. The van der Waals surface area contributed by atoms with Gasteiger partial charge in [-0.1, -0.05) is 18.2 Å². The van der Waals surface area contributed by atoms with E-state index in [0.29, 0.717) is 29.5 Å². The molecule has 0 fully saturated rings. The highest BCUT2D eigenvalue weighted by Crippen LogP contribution is 2.22. The molecular weight excluding hydrogens is 394 g/mol. The Kier molecular flexibility index (Phi) is 5.83. The topological polar surface area (TPSA) is 97.8 Å². The van der Waals surface area contributed by atoms with Crippen molar-refractivity contribution in [3.05, 3.63) is 64.7 Å². The molecule has 2 aromatic carbocycles. The third kappa shape index (κ3) is 4.37. The van der Waals surface area contributed by atoms with Crippen molar-refractivity contribution in [1.82, 2.24) is 4.90 Å². The smallest absolute Gasteiger partial charge is 0.338 e. The third-order valence-corrected chi connectivity index (χ3v) is 5.85. The van der Waals surface area contributed by atoms with Crippen LogP contribution in [0, 0.1) is 6.92 Å². The Morgan fingerprint density at radius 1 is 1.00 bits per heavy atom. The standard InChI is InChI=1S/C21H21NO6S/c1-14-9-10-15(29(2,26)27)13-18(14)21(25)28-12-6-5-11-22-19(23)16-7-3-4-8-17(16)20(22)24/h3-4,7-10,13H,5-6,11-12H2,1-2H3. The predicted molar refractivity (Wildman–Crippen MR) is 106 cm³/mol. The Balaban J connectivity index is 1.51. The molecule has 0 aromatic heterocycles. The highest BCUT2D eigenvalue weighted by molar-refractivity contribution is 7.90. The van der Waals surface area contributed by atoms with Crippen LogP contribution in [-0.2, 0) is 14.6 Å². The van der Waals surface area contributed by atoms with Crippen LogP contribution in [0.15, 0.2) is 47.4 Å². The number of imide groups is 1. The fraction of sp³-hybridized carbons (Fsp3) is 0.286. The Labute approximate surface area is 169 Å². The summed E-state index contributed by atoms with van der Waals surface area (Å²) in [7, 11) is -3.42. The zero-order valence-corrected chi connectivity index (χ0v) is 17.0. The Morgan fingerprint density at radius 3 is 2.21 bits per heavy atom. The second-order valence-electron chi connectivity index (χ2n) is 6.90. The minimum Gasteiger partial charge on any atom is -0.462 e. The zero-order valence-electron chi connectivity index (χ0n) is 16.2. The number of benzene rings is 2. The molecule has 152 valence electrons. The lowest BCUT2D eigenvalue weighted by Gasteiger charge is -2.13. The van der Waals surface area contributed by atoms with Crippen LogP contribution in [0.2, 0.25) is 0 Å². The molecule has 0 unspecified atom stereocenters. The highest BCUT2D eigenvalue weighted by atomic mass is 32.2. The van der Waals surface area contributed by atoms with Gasteiger partial charge in [-0.25, -0.2) is 13.2 Å². The molecule has 0 aliphatic carbocycles. The lowest BCUT2D eigenvalue weighted by Crippen LogP contribution is -2.30. The summed E-state index contributed by atoms with van der Waals surface area (Å²) in [6, 6.07) is 11.0. The molecule has 0 saturated carbocycles. The molecule has 0 saturated heterocycles. The van der Waals surface area contributed by atoms with Crippen LogP contribution in [0.25, 0.3) is 0 Å². The fourth-order valence-corrected chi connectivity index (χ4v) is 3.76. The Morgan fingerprint density at radius 2 is 1.62 bits per heavy atom. The number of carbonyl (C=O) groups excluding carboxylic acids is 3. The van der Waals surface area contributed by atoms with Gasteiger partial charge in [0.1, 0.15) is 0 Å². The first kappa shape index (κ1) is 20.7. The predicted octanol–water partition coefficient (Wildman–Crippen LogP) is 2.63. The number of esters is 1. The molecule has 1 heterocycles. The number of aryl methyl sites for hydroxylation is 1. The molecule has 8 heteroatoms. The van der Waals surface area contributed by atoms with Crippen LogP contribution in [0.5, 0.6) is 0 Å². The molecule has 7 nitrogen and oxygen atoms in total. The van der Waals surface area contributed by atoms with E-state index in [1.165, 1.54) is 17.0 Å². The fourth-order valence-electron chi connectivity index (χ4n) is 3.11. The second-order valence-corrected chi connectivity index (χ2v) is 8.92. The summed E-state index contributed by atoms with van der Waals surface area (Å²) in [5, 5.41) is 0. The first-order chi connectivity index (χ1) is 13.7. The minimum absolute atomic E-state index is 0.0562. The van der Waals surface area contributed by atoms with Crippen molar-refractivity contribution in [2.75, 3.05) is 19.4 Å². The van der Waals surface area contributed by atoms with Crippen LogP contribution in [-0.4, -0.2) is 50.5 Å². The first-order valence-electron chi connectivity index (χ1n) is 9.13. The molecule has 1 aliphatic rings. The highest BCUT2D eigenvalue weighted by Gasteiger charge is 2.34. The van der Waals surface area contributed by atoms with Crippen molar-refractivity contribution in [3.8, 4) is 0 Å². The molecular formula is C21H21NO6S. The maximum atomic E-state index is 12.3. The number of rotatable bonds is 7. The lowest BCUT2D eigenvalue weighted by molar-refractivity contribution is 0.0484. The van der Waals surface area contributed by atoms with E-state index in [1.807, 2.05) is 0 Å². The quantitative estimate of drug-likeness (QED) is 0.392. The molecule has 0 radical (unpaired) electrons. The van der Waals surface area contributed by atoms with Crippen LogP contribution in [0.3, 0.4) is 0 Å². The van der Waals surface area contributed by atoms with Gasteiger partial charge in [-0.05, 0) is 49.6 Å². The Hall–Kier alpha value is -3.00. The first-order valence-corrected chi connectivity index (χ1v) is 11.0. The van der Waals surface area contributed by atoms with Crippen molar-refractivity contribution in [2.45, 2.75) is 24.7 Å². The van der Waals surface area contributed by atoms with E-state index in [9.17, 15) is 22.8 Å². The summed E-state index contributed by atoms with van der Waals surface area (Å²) >= 11 is 0. The van der Waals surface area contributed by atoms with Gasteiger partial charge in [0.2, 0.25) is 0 Å². The van der Waals surface area contributed by atoms with Gasteiger partial charge in [-0.3, -0.25) is 14.5 Å². The average molecular weight is 415 g/mol. The van der Waals surface area contributed by atoms with Gasteiger partial charge < -0.3 is 4.74 Å². The summed E-state index contributed by atoms with van der Waals surface area (Å²) in [4.78, 5) is 38.1. The van der Waals surface area contributed by atoms with E-state index in [1.54, 1.807) is 37.3 Å². The number of fused-ring (bicyclic) bond motifs is 1. The number of unbranched alkanes of at least 4 members (excludes halogenated alkanes) is 1.